The number of carbonyl (C=O) groups is 2. The van der Waals surface area contributed by atoms with Crippen LogP contribution < -0.4 is 5.32 Å². The summed E-state index contributed by atoms with van der Waals surface area (Å²) < 4.78 is 5.85. The SMILES string of the molecule is CCC[C@H](C)NC(=O)COC(=O)c1sc2cc(Cl)ccc2c1Cl. The number of esters is 1. The molecule has 0 aliphatic carbocycles. The Kier molecular flexibility index (Phi) is 6.27. The van der Waals surface area contributed by atoms with E-state index in [9.17, 15) is 9.59 Å². The molecule has 2 rings (SSSR count). The predicted octanol–water partition coefficient (Wildman–Crippen LogP) is 4.67. The van der Waals surface area contributed by atoms with Gasteiger partial charge in [0.2, 0.25) is 0 Å². The second-order valence-electron chi connectivity index (χ2n) is 5.22. The van der Waals surface area contributed by atoms with Gasteiger partial charge in [0.1, 0.15) is 4.88 Å². The lowest BCUT2D eigenvalue weighted by Crippen LogP contribution is -2.35. The second-order valence-corrected chi connectivity index (χ2v) is 7.09. The Morgan fingerprint density at radius 3 is 2.78 bits per heavy atom. The molecule has 0 saturated heterocycles. The third-order valence-corrected chi connectivity index (χ3v) is 5.11. The molecule has 0 spiro atoms. The highest BCUT2D eigenvalue weighted by Gasteiger charge is 2.19. The average Bonchev–Trinajstić information content (AvgIpc) is 2.81. The lowest BCUT2D eigenvalue weighted by molar-refractivity contribution is -0.124. The first-order chi connectivity index (χ1) is 10.9. The molecule has 124 valence electrons. The third kappa shape index (κ3) is 4.59. The molecule has 1 N–H and O–H groups in total. The Labute approximate surface area is 148 Å². The van der Waals surface area contributed by atoms with Crippen LogP contribution in [0.4, 0.5) is 0 Å². The van der Waals surface area contributed by atoms with Crippen LogP contribution >= 0.6 is 34.5 Å². The van der Waals surface area contributed by atoms with Crippen molar-refractivity contribution in [1.29, 1.82) is 0 Å². The zero-order chi connectivity index (χ0) is 17.0. The molecular weight excluding hydrogens is 357 g/mol. The van der Waals surface area contributed by atoms with Crippen LogP contribution in [0.3, 0.4) is 0 Å². The van der Waals surface area contributed by atoms with Crippen molar-refractivity contribution in [3.8, 4) is 0 Å². The van der Waals surface area contributed by atoms with Gasteiger partial charge in [0, 0.05) is 21.2 Å². The van der Waals surface area contributed by atoms with Crippen molar-refractivity contribution in [2.24, 2.45) is 0 Å². The number of hydrogen-bond acceptors (Lipinski definition) is 4. The summed E-state index contributed by atoms with van der Waals surface area (Å²) in [6.07, 6.45) is 1.85. The van der Waals surface area contributed by atoms with Crippen molar-refractivity contribution in [3.63, 3.8) is 0 Å². The lowest BCUT2D eigenvalue weighted by atomic mass is 10.2. The fourth-order valence-electron chi connectivity index (χ4n) is 2.19. The smallest absolute Gasteiger partial charge is 0.350 e. The van der Waals surface area contributed by atoms with Gasteiger partial charge in [-0.25, -0.2) is 4.79 Å². The number of benzene rings is 1. The van der Waals surface area contributed by atoms with Crippen molar-refractivity contribution in [2.45, 2.75) is 32.7 Å². The second kappa shape index (κ2) is 7.99. The predicted molar refractivity (Wildman–Crippen MR) is 94.6 cm³/mol. The summed E-state index contributed by atoms with van der Waals surface area (Å²) in [6, 6.07) is 5.26. The normalized spacial score (nSPS) is 12.2. The minimum Gasteiger partial charge on any atom is -0.451 e. The molecule has 4 nitrogen and oxygen atoms in total. The summed E-state index contributed by atoms with van der Waals surface area (Å²) in [5.74, 6) is -0.926. The first kappa shape index (κ1) is 18.0. The van der Waals surface area contributed by atoms with E-state index in [-0.39, 0.29) is 23.4 Å². The summed E-state index contributed by atoms with van der Waals surface area (Å²) in [4.78, 5) is 24.1. The van der Waals surface area contributed by atoms with Gasteiger partial charge < -0.3 is 10.1 Å². The van der Waals surface area contributed by atoms with Crippen LogP contribution in [0.5, 0.6) is 0 Å². The summed E-state index contributed by atoms with van der Waals surface area (Å²) in [5.41, 5.74) is 0. The molecule has 1 aromatic heterocycles. The molecule has 2 aromatic rings. The van der Waals surface area contributed by atoms with Crippen LogP contribution in [0, 0.1) is 0 Å². The van der Waals surface area contributed by atoms with Gasteiger partial charge in [0.15, 0.2) is 6.61 Å². The van der Waals surface area contributed by atoms with Gasteiger partial charge in [-0.15, -0.1) is 11.3 Å². The first-order valence-electron chi connectivity index (χ1n) is 7.26. The van der Waals surface area contributed by atoms with Crippen LogP contribution in [-0.2, 0) is 9.53 Å². The van der Waals surface area contributed by atoms with Gasteiger partial charge in [0.05, 0.1) is 5.02 Å². The standard InChI is InChI=1S/C16H17Cl2NO3S/c1-3-4-9(2)19-13(20)8-22-16(21)15-14(18)11-6-5-10(17)7-12(11)23-15/h5-7,9H,3-4,8H2,1-2H3,(H,19,20)/t9-/m0/s1. The van der Waals surface area contributed by atoms with Gasteiger partial charge in [-0.05, 0) is 25.5 Å². The topological polar surface area (TPSA) is 55.4 Å². The highest BCUT2D eigenvalue weighted by Crippen LogP contribution is 2.37. The Hall–Kier alpha value is -1.30. The van der Waals surface area contributed by atoms with E-state index in [4.69, 9.17) is 27.9 Å². The molecule has 0 unspecified atom stereocenters. The molecule has 0 fully saturated rings. The van der Waals surface area contributed by atoms with Gasteiger partial charge in [-0.2, -0.15) is 0 Å². The summed E-state index contributed by atoms with van der Waals surface area (Å²) in [5, 5.41) is 4.41. The average molecular weight is 374 g/mol. The number of halogens is 2. The monoisotopic (exact) mass is 373 g/mol. The third-order valence-electron chi connectivity index (χ3n) is 3.24. The van der Waals surface area contributed by atoms with Crippen LogP contribution in [0.15, 0.2) is 18.2 Å². The molecule has 1 atom stereocenters. The molecule has 0 bridgehead atoms. The van der Waals surface area contributed by atoms with Crippen LogP contribution in [-0.4, -0.2) is 24.5 Å². The molecule has 0 aliphatic heterocycles. The van der Waals surface area contributed by atoms with Crippen molar-refractivity contribution in [2.75, 3.05) is 6.61 Å². The van der Waals surface area contributed by atoms with E-state index in [0.717, 1.165) is 22.9 Å². The Balaban J connectivity index is 2.01. The summed E-state index contributed by atoms with van der Waals surface area (Å²) >= 11 is 13.3. The molecule has 7 heteroatoms. The molecule has 1 heterocycles. The molecule has 1 amide bonds. The molecular formula is C16H17Cl2NO3S. The van der Waals surface area contributed by atoms with Crippen molar-refractivity contribution in [1.82, 2.24) is 5.32 Å². The van der Waals surface area contributed by atoms with Crippen molar-refractivity contribution < 1.29 is 14.3 Å². The number of nitrogens with one attached hydrogen (secondary N) is 1. The van der Waals surface area contributed by atoms with E-state index in [1.807, 2.05) is 13.8 Å². The van der Waals surface area contributed by atoms with E-state index in [1.54, 1.807) is 18.2 Å². The maximum Gasteiger partial charge on any atom is 0.350 e. The first-order valence-corrected chi connectivity index (χ1v) is 8.83. The minimum atomic E-state index is -0.606. The highest BCUT2D eigenvalue weighted by molar-refractivity contribution is 7.21. The number of thiophene rings is 1. The van der Waals surface area contributed by atoms with Crippen LogP contribution in [0.1, 0.15) is 36.4 Å². The minimum absolute atomic E-state index is 0.0567. The lowest BCUT2D eigenvalue weighted by Gasteiger charge is -2.12. The van der Waals surface area contributed by atoms with Crippen LogP contribution in [0.2, 0.25) is 10.0 Å². The maximum absolute atomic E-state index is 12.1. The number of carbonyl (C=O) groups excluding carboxylic acids is 2. The van der Waals surface area contributed by atoms with E-state index in [0.29, 0.717) is 10.0 Å². The quantitative estimate of drug-likeness (QED) is 0.748. The van der Waals surface area contributed by atoms with Crippen LogP contribution in [0.25, 0.3) is 10.1 Å². The van der Waals surface area contributed by atoms with E-state index < -0.39 is 5.97 Å². The maximum atomic E-state index is 12.1. The van der Waals surface area contributed by atoms with E-state index >= 15 is 0 Å². The largest absolute Gasteiger partial charge is 0.451 e. The molecule has 0 saturated carbocycles. The Morgan fingerprint density at radius 2 is 2.09 bits per heavy atom. The van der Waals surface area contributed by atoms with Crippen molar-refractivity contribution >= 4 is 56.5 Å². The fourth-order valence-corrected chi connectivity index (χ4v) is 3.87. The van der Waals surface area contributed by atoms with Gasteiger partial charge >= 0.3 is 5.97 Å². The number of hydrogen-bond donors (Lipinski definition) is 1. The Bertz CT molecular complexity index is 729. The number of fused-ring (bicyclic) bond motifs is 1. The molecule has 1 aromatic carbocycles. The van der Waals surface area contributed by atoms with Gasteiger partial charge in [-0.1, -0.05) is 42.6 Å². The Morgan fingerprint density at radius 1 is 1.35 bits per heavy atom. The number of amides is 1. The van der Waals surface area contributed by atoms with Gasteiger partial charge in [0.25, 0.3) is 5.91 Å². The van der Waals surface area contributed by atoms with Gasteiger partial charge in [-0.3, -0.25) is 4.79 Å². The summed E-state index contributed by atoms with van der Waals surface area (Å²) in [6.45, 7) is 3.63. The molecule has 0 aliphatic rings. The van der Waals surface area contributed by atoms with E-state index in [2.05, 4.69) is 5.32 Å². The molecule has 0 radical (unpaired) electrons. The highest BCUT2D eigenvalue weighted by atomic mass is 35.5. The summed E-state index contributed by atoms with van der Waals surface area (Å²) in [7, 11) is 0. The zero-order valence-corrected chi connectivity index (χ0v) is 15.1. The number of ether oxygens (including phenoxy) is 1. The number of rotatable bonds is 6. The fraction of sp³-hybridized carbons (Fsp3) is 0.375. The zero-order valence-electron chi connectivity index (χ0n) is 12.8. The van der Waals surface area contributed by atoms with Crippen molar-refractivity contribution in [3.05, 3.63) is 33.1 Å². The van der Waals surface area contributed by atoms with E-state index in [1.165, 1.54) is 11.3 Å². The molecule has 23 heavy (non-hydrogen) atoms.